The molecular formula is C19H17NO5S. The zero-order chi connectivity index (χ0) is 18.8. The summed E-state index contributed by atoms with van der Waals surface area (Å²) in [7, 11) is 0. The predicted molar refractivity (Wildman–Crippen MR) is 98.8 cm³/mol. The zero-order valence-corrected chi connectivity index (χ0v) is 15.1. The molecule has 1 N–H and O–H groups in total. The smallest absolute Gasteiger partial charge is 0.335 e. The molecule has 0 saturated carbocycles. The van der Waals surface area contributed by atoms with E-state index in [1.165, 1.54) is 11.0 Å². The number of rotatable bonds is 5. The first-order valence-electron chi connectivity index (χ1n) is 8.10. The van der Waals surface area contributed by atoms with Crippen LogP contribution in [0.2, 0.25) is 0 Å². The number of aryl methyl sites for hydroxylation is 1. The number of thioether (sulfide) groups is 1. The minimum Gasteiger partial charge on any atom is -0.478 e. The van der Waals surface area contributed by atoms with Crippen molar-refractivity contribution in [1.82, 2.24) is 4.90 Å². The van der Waals surface area contributed by atoms with Gasteiger partial charge in [-0.25, -0.2) is 4.79 Å². The van der Waals surface area contributed by atoms with Crippen LogP contribution in [0.3, 0.4) is 0 Å². The molecule has 2 heterocycles. The summed E-state index contributed by atoms with van der Waals surface area (Å²) in [5, 5.41) is 8.77. The van der Waals surface area contributed by atoms with Crippen molar-refractivity contribution in [3.05, 3.63) is 52.1 Å². The maximum Gasteiger partial charge on any atom is 0.335 e. The summed E-state index contributed by atoms with van der Waals surface area (Å²) in [5.41, 5.74) is 1.76. The number of aromatic carboxylic acids is 1. The Labute approximate surface area is 154 Å². The van der Waals surface area contributed by atoms with Crippen LogP contribution in [0.15, 0.2) is 39.7 Å². The van der Waals surface area contributed by atoms with E-state index in [9.17, 15) is 14.4 Å². The van der Waals surface area contributed by atoms with Gasteiger partial charge in [-0.05, 0) is 54.9 Å². The maximum absolute atomic E-state index is 12.3. The Hall–Kier alpha value is -2.80. The highest BCUT2D eigenvalue weighted by Crippen LogP contribution is 2.34. The maximum atomic E-state index is 12.3. The van der Waals surface area contributed by atoms with E-state index < -0.39 is 5.97 Å². The van der Waals surface area contributed by atoms with E-state index in [2.05, 4.69) is 0 Å². The first kappa shape index (κ1) is 18.0. The largest absolute Gasteiger partial charge is 0.478 e. The van der Waals surface area contributed by atoms with Gasteiger partial charge in [0.1, 0.15) is 11.5 Å². The molecule has 1 aromatic carbocycles. The summed E-state index contributed by atoms with van der Waals surface area (Å²) < 4.78 is 5.77. The molecule has 1 aliphatic heterocycles. The molecule has 1 aliphatic rings. The van der Waals surface area contributed by atoms with E-state index in [-0.39, 0.29) is 16.7 Å². The van der Waals surface area contributed by atoms with Gasteiger partial charge in [0.2, 0.25) is 0 Å². The second kappa shape index (κ2) is 7.21. The van der Waals surface area contributed by atoms with Crippen LogP contribution in [0.1, 0.15) is 35.0 Å². The van der Waals surface area contributed by atoms with Gasteiger partial charge >= 0.3 is 5.97 Å². The summed E-state index contributed by atoms with van der Waals surface area (Å²) in [6, 6.07) is 8.26. The molecule has 0 aliphatic carbocycles. The molecule has 134 valence electrons. The van der Waals surface area contributed by atoms with E-state index in [1.807, 2.05) is 6.92 Å². The minimum absolute atomic E-state index is 0.211. The van der Waals surface area contributed by atoms with Crippen molar-refractivity contribution in [2.75, 3.05) is 6.54 Å². The number of amides is 2. The lowest BCUT2D eigenvalue weighted by atomic mass is 10.0. The van der Waals surface area contributed by atoms with E-state index in [0.717, 1.165) is 22.9 Å². The first-order valence-corrected chi connectivity index (χ1v) is 8.92. The fourth-order valence-corrected chi connectivity index (χ4v) is 3.54. The van der Waals surface area contributed by atoms with Crippen molar-refractivity contribution >= 4 is 35.0 Å². The first-order chi connectivity index (χ1) is 12.4. The van der Waals surface area contributed by atoms with Crippen molar-refractivity contribution in [1.29, 1.82) is 0 Å². The Morgan fingerprint density at radius 3 is 2.69 bits per heavy atom. The van der Waals surface area contributed by atoms with Crippen molar-refractivity contribution in [3.8, 4) is 11.3 Å². The Morgan fingerprint density at radius 2 is 2.04 bits per heavy atom. The Kier molecular flexibility index (Phi) is 4.99. The quantitative estimate of drug-likeness (QED) is 0.784. The normalized spacial score (nSPS) is 15.9. The highest BCUT2D eigenvalue weighted by Gasteiger charge is 2.34. The van der Waals surface area contributed by atoms with Crippen LogP contribution in [0.25, 0.3) is 17.4 Å². The molecule has 2 aromatic rings. The standard InChI is InChI=1S/C19H17NO5S/c1-3-8-20-17(21)16(26-19(20)24)10-13-5-7-15(25-13)14-6-4-12(18(22)23)9-11(14)2/h4-7,9-10H,3,8H2,1-2H3,(H,22,23)/b16-10-. The van der Waals surface area contributed by atoms with Crippen LogP contribution in [-0.2, 0) is 4.79 Å². The number of benzene rings is 1. The lowest BCUT2D eigenvalue weighted by Crippen LogP contribution is -2.28. The zero-order valence-electron chi connectivity index (χ0n) is 14.3. The van der Waals surface area contributed by atoms with Gasteiger partial charge in [-0.15, -0.1) is 0 Å². The van der Waals surface area contributed by atoms with Crippen LogP contribution >= 0.6 is 11.8 Å². The van der Waals surface area contributed by atoms with E-state index in [4.69, 9.17) is 9.52 Å². The number of carboxylic acid groups (broad SMARTS) is 1. The topological polar surface area (TPSA) is 87.8 Å². The number of carbonyl (C=O) groups is 3. The molecular weight excluding hydrogens is 354 g/mol. The van der Waals surface area contributed by atoms with E-state index >= 15 is 0 Å². The van der Waals surface area contributed by atoms with Crippen LogP contribution in [0.4, 0.5) is 4.79 Å². The summed E-state index contributed by atoms with van der Waals surface area (Å²) in [5.74, 6) is -0.258. The van der Waals surface area contributed by atoms with Gasteiger partial charge < -0.3 is 9.52 Å². The SMILES string of the molecule is CCCN1C(=O)S/C(=C\c2ccc(-c3ccc(C(=O)O)cc3C)o2)C1=O. The van der Waals surface area contributed by atoms with Gasteiger partial charge in [-0.3, -0.25) is 14.5 Å². The van der Waals surface area contributed by atoms with E-state index in [0.29, 0.717) is 29.4 Å². The van der Waals surface area contributed by atoms with Gasteiger partial charge in [0.25, 0.3) is 11.1 Å². The monoisotopic (exact) mass is 371 g/mol. The number of carboxylic acids is 1. The minimum atomic E-state index is -0.984. The molecule has 1 fully saturated rings. The summed E-state index contributed by atoms with van der Waals surface area (Å²) in [6.45, 7) is 4.12. The highest BCUT2D eigenvalue weighted by molar-refractivity contribution is 8.18. The molecule has 3 rings (SSSR count). The summed E-state index contributed by atoms with van der Waals surface area (Å²) >= 11 is 0.903. The number of nitrogens with zero attached hydrogens (tertiary/aromatic N) is 1. The van der Waals surface area contributed by atoms with Gasteiger partial charge in [-0.1, -0.05) is 13.0 Å². The third-order valence-corrected chi connectivity index (χ3v) is 4.87. The molecule has 0 radical (unpaired) electrons. The van der Waals surface area contributed by atoms with Crippen LogP contribution in [0.5, 0.6) is 0 Å². The Balaban J connectivity index is 1.86. The third-order valence-electron chi connectivity index (χ3n) is 3.96. The van der Waals surface area contributed by atoms with Crippen molar-refractivity contribution in [2.24, 2.45) is 0 Å². The highest BCUT2D eigenvalue weighted by atomic mass is 32.2. The van der Waals surface area contributed by atoms with Crippen LogP contribution in [0, 0.1) is 6.92 Å². The fraction of sp³-hybridized carbons (Fsp3) is 0.211. The van der Waals surface area contributed by atoms with Crippen molar-refractivity contribution < 1.29 is 23.9 Å². The second-order valence-electron chi connectivity index (χ2n) is 5.87. The lowest BCUT2D eigenvalue weighted by Gasteiger charge is -2.09. The molecule has 0 atom stereocenters. The summed E-state index contributed by atoms with van der Waals surface area (Å²) in [4.78, 5) is 36.7. The molecule has 26 heavy (non-hydrogen) atoms. The van der Waals surface area contributed by atoms with Crippen LogP contribution in [-0.4, -0.2) is 33.7 Å². The Bertz CT molecular complexity index is 928. The molecule has 0 spiro atoms. The van der Waals surface area contributed by atoms with Gasteiger partial charge in [0.15, 0.2) is 0 Å². The van der Waals surface area contributed by atoms with Gasteiger partial charge in [0, 0.05) is 18.2 Å². The molecule has 0 unspecified atom stereocenters. The number of furan rings is 1. The number of hydrogen-bond donors (Lipinski definition) is 1. The fourth-order valence-electron chi connectivity index (χ4n) is 2.69. The number of carbonyl (C=O) groups excluding carboxylic acids is 2. The average Bonchev–Trinajstić information content (AvgIpc) is 3.15. The molecule has 1 aromatic heterocycles. The average molecular weight is 371 g/mol. The van der Waals surface area contributed by atoms with Gasteiger partial charge in [-0.2, -0.15) is 0 Å². The molecule has 2 amide bonds. The van der Waals surface area contributed by atoms with Crippen molar-refractivity contribution in [2.45, 2.75) is 20.3 Å². The van der Waals surface area contributed by atoms with Crippen molar-refractivity contribution in [3.63, 3.8) is 0 Å². The van der Waals surface area contributed by atoms with E-state index in [1.54, 1.807) is 37.3 Å². The third kappa shape index (κ3) is 3.43. The second-order valence-corrected chi connectivity index (χ2v) is 6.86. The molecule has 0 bridgehead atoms. The number of hydrogen-bond acceptors (Lipinski definition) is 5. The molecule has 6 nitrogen and oxygen atoms in total. The van der Waals surface area contributed by atoms with Crippen LogP contribution < -0.4 is 0 Å². The Morgan fingerprint density at radius 1 is 1.27 bits per heavy atom. The summed E-state index contributed by atoms with van der Waals surface area (Å²) in [6.07, 6.45) is 2.27. The molecule has 1 saturated heterocycles. The lowest BCUT2D eigenvalue weighted by molar-refractivity contribution is -0.122. The predicted octanol–water partition coefficient (Wildman–Crippen LogP) is 4.40. The van der Waals surface area contributed by atoms with Gasteiger partial charge in [0.05, 0.1) is 10.5 Å². The molecule has 7 heteroatoms. The number of imide groups is 1.